The molecule has 2 rings (SSSR count). The smallest absolute Gasteiger partial charge is 0.183 e. The lowest BCUT2D eigenvalue weighted by atomic mass is 9.99. The molecule has 2 aromatic rings. The van der Waals surface area contributed by atoms with Crippen molar-refractivity contribution in [3.05, 3.63) is 23.2 Å². The van der Waals surface area contributed by atoms with Gasteiger partial charge in [0.15, 0.2) is 5.82 Å². The molecule has 0 bridgehead atoms. The van der Waals surface area contributed by atoms with Crippen LogP contribution in [0.4, 0.5) is 5.69 Å². The number of unbranched alkanes of at least 4 members (excludes halogenated alkanes) is 1. The van der Waals surface area contributed by atoms with Gasteiger partial charge < -0.3 is 5.73 Å². The Labute approximate surface area is 130 Å². The molecule has 0 saturated heterocycles. The normalized spacial score (nSPS) is 12.5. The molecule has 1 aromatic heterocycles. The molecule has 1 atom stereocenters. The number of benzene rings is 1. The zero-order valence-corrected chi connectivity index (χ0v) is 13.3. The van der Waals surface area contributed by atoms with Crippen molar-refractivity contribution in [2.75, 3.05) is 5.73 Å². The number of hydrogen-bond acceptors (Lipinski definition) is 4. The van der Waals surface area contributed by atoms with Gasteiger partial charge in [0, 0.05) is 17.8 Å². The Morgan fingerprint density at radius 1 is 1.33 bits per heavy atom. The summed E-state index contributed by atoms with van der Waals surface area (Å²) in [5.74, 6) is 1.29. The molecule has 1 aromatic carbocycles. The minimum atomic E-state index is 0.577. The molecule has 6 heteroatoms. The molecule has 2 N–H and O–H groups in total. The maximum atomic E-state index is 6.26. The van der Waals surface area contributed by atoms with Crippen LogP contribution in [0, 0.1) is 5.92 Å². The number of nitrogens with zero attached hydrogens (tertiary/aromatic N) is 4. The lowest BCUT2D eigenvalue weighted by molar-refractivity contribution is 0.370. The molecular weight excluding hydrogens is 286 g/mol. The van der Waals surface area contributed by atoms with Gasteiger partial charge in [-0.1, -0.05) is 44.7 Å². The molecule has 1 heterocycles. The highest BCUT2D eigenvalue weighted by Gasteiger charge is 2.15. The van der Waals surface area contributed by atoms with Crippen LogP contribution in [0.15, 0.2) is 18.2 Å². The summed E-state index contributed by atoms with van der Waals surface area (Å²) < 4.78 is 1.85. The molecule has 0 saturated carbocycles. The summed E-state index contributed by atoms with van der Waals surface area (Å²) in [5, 5.41) is 12.6. The van der Waals surface area contributed by atoms with E-state index in [-0.39, 0.29) is 0 Å². The van der Waals surface area contributed by atoms with E-state index in [1.807, 2.05) is 16.8 Å². The van der Waals surface area contributed by atoms with Crippen molar-refractivity contribution in [2.24, 2.45) is 5.92 Å². The van der Waals surface area contributed by atoms with Crippen LogP contribution in [0.1, 0.15) is 39.5 Å². The first-order valence-corrected chi connectivity index (χ1v) is 7.85. The molecular formula is C15H22ClN5. The number of anilines is 1. The Bertz CT molecular complexity index is 581. The molecule has 0 fully saturated rings. The fourth-order valence-electron chi connectivity index (χ4n) is 2.40. The summed E-state index contributed by atoms with van der Waals surface area (Å²) in [6.45, 7) is 5.24. The van der Waals surface area contributed by atoms with Crippen LogP contribution in [-0.4, -0.2) is 20.2 Å². The third kappa shape index (κ3) is 3.94. The first-order chi connectivity index (χ1) is 10.2. The average molecular weight is 308 g/mol. The Kier molecular flexibility index (Phi) is 5.56. The Morgan fingerprint density at radius 2 is 2.14 bits per heavy atom. The van der Waals surface area contributed by atoms with Gasteiger partial charge in [-0.15, -0.1) is 5.10 Å². The van der Waals surface area contributed by atoms with Crippen molar-refractivity contribution in [3.8, 4) is 11.4 Å². The predicted molar refractivity (Wildman–Crippen MR) is 86.0 cm³/mol. The van der Waals surface area contributed by atoms with E-state index in [1.165, 1.54) is 19.3 Å². The number of aromatic nitrogens is 4. The predicted octanol–water partition coefficient (Wildman–Crippen LogP) is 3.79. The standard InChI is InChI=1S/C15H22ClN5/c1-3-5-6-11(4-2)10-21-15(18-19-20-21)13-8-7-12(17)9-14(13)16/h7-9,11H,3-6,10,17H2,1-2H3. The summed E-state index contributed by atoms with van der Waals surface area (Å²) in [6.07, 6.45) is 4.76. The van der Waals surface area contributed by atoms with Gasteiger partial charge in [-0.25, -0.2) is 4.68 Å². The van der Waals surface area contributed by atoms with Crippen molar-refractivity contribution in [1.29, 1.82) is 0 Å². The van der Waals surface area contributed by atoms with E-state index in [9.17, 15) is 0 Å². The lowest BCUT2D eigenvalue weighted by Gasteiger charge is -2.15. The Morgan fingerprint density at radius 3 is 2.81 bits per heavy atom. The SMILES string of the molecule is CCCCC(CC)Cn1nnnc1-c1ccc(N)cc1Cl. The monoisotopic (exact) mass is 307 g/mol. The quantitative estimate of drug-likeness (QED) is 0.790. The number of rotatable bonds is 7. The largest absolute Gasteiger partial charge is 0.399 e. The molecule has 0 aliphatic carbocycles. The first kappa shape index (κ1) is 15.8. The molecule has 1 unspecified atom stereocenters. The second-order valence-corrected chi connectivity index (χ2v) is 5.75. The fourth-order valence-corrected chi connectivity index (χ4v) is 2.67. The molecule has 114 valence electrons. The fraction of sp³-hybridized carbons (Fsp3) is 0.533. The van der Waals surface area contributed by atoms with Gasteiger partial charge in [0.25, 0.3) is 0 Å². The molecule has 0 aliphatic rings. The third-order valence-electron chi connectivity index (χ3n) is 3.74. The van der Waals surface area contributed by atoms with Gasteiger partial charge in [-0.2, -0.15) is 0 Å². The van der Waals surface area contributed by atoms with Crippen LogP contribution in [0.3, 0.4) is 0 Å². The van der Waals surface area contributed by atoms with Crippen LogP contribution in [-0.2, 0) is 6.54 Å². The molecule has 0 amide bonds. The molecule has 0 spiro atoms. The van der Waals surface area contributed by atoms with E-state index in [0.717, 1.165) is 18.5 Å². The summed E-state index contributed by atoms with van der Waals surface area (Å²) in [7, 11) is 0. The van der Waals surface area contributed by atoms with E-state index in [4.69, 9.17) is 17.3 Å². The van der Waals surface area contributed by atoms with Crippen molar-refractivity contribution in [2.45, 2.75) is 46.1 Å². The van der Waals surface area contributed by atoms with Crippen molar-refractivity contribution >= 4 is 17.3 Å². The van der Waals surface area contributed by atoms with E-state index >= 15 is 0 Å². The molecule has 5 nitrogen and oxygen atoms in total. The number of nitrogen functional groups attached to an aromatic ring is 1. The minimum Gasteiger partial charge on any atom is -0.399 e. The van der Waals surface area contributed by atoms with Crippen LogP contribution in [0.2, 0.25) is 5.02 Å². The highest BCUT2D eigenvalue weighted by Crippen LogP contribution is 2.28. The molecule has 0 radical (unpaired) electrons. The number of nitrogens with two attached hydrogens (primary N) is 1. The zero-order valence-electron chi connectivity index (χ0n) is 12.6. The van der Waals surface area contributed by atoms with Crippen LogP contribution in [0.5, 0.6) is 0 Å². The van der Waals surface area contributed by atoms with Crippen molar-refractivity contribution in [1.82, 2.24) is 20.2 Å². The van der Waals surface area contributed by atoms with E-state index in [2.05, 4.69) is 29.4 Å². The topological polar surface area (TPSA) is 69.6 Å². The van der Waals surface area contributed by atoms with Crippen LogP contribution >= 0.6 is 11.6 Å². The van der Waals surface area contributed by atoms with Gasteiger partial charge in [-0.3, -0.25) is 0 Å². The first-order valence-electron chi connectivity index (χ1n) is 7.47. The maximum Gasteiger partial charge on any atom is 0.183 e. The highest BCUT2D eigenvalue weighted by atomic mass is 35.5. The van der Waals surface area contributed by atoms with Crippen LogP contribution < -0.4 is 5.73 Å². The van der Waals surface area contributed by atoms with Gasteiger partial charge in [-0.05, 0) is 41.0 Å². The van der Waals surface area contributed by atoms with E-state index < -0.39 is 0 Å². The number of hydrogen-bond donors (Lipinski definition) is 1. The Hall–Kier alpha value is -1.62. The lowest BCUT2D eigenvalue weighted by Crippen LogP contribution is -2.13. The summed E-state index contributed by atoms with van der Waals surface area (Å²) >= 11 is 6.26. The molecule has 0 aliphatic heterocycles. The highest BCUT2D eigenvalue weighted by molar-refractivity contribution is 6.33. The van der Waals surface area contributed by atoms with E-state index in [1.54, 1.807) is 6.07 Å². The number of tetrazole rings is 1. The third-order valence-corrected chi connectivity index (χ3v) is 4.05. The Balaban J connectivity index is 2.21. The summed E-state index contributed by atoms with van der Waals surface area (Å²) in [5.41, 5.74) is 7.19. The van der Waals surface area contributed by atoms with Crippen molar-refractivity contribution < 1.29 is 0 Å². The average Bonchev–Trinajstić information content (AvgIpc) is 2.91. The minimum absolute atomic E-state index is 0.577. The zero-order chi connectivity index (χ0) is 15.2. The summed E-state index contributed by atoms with van der Waals surface area (Å²) in [6, 6.07) is 5.41. The maximum absolute atomic E-state index is 6.26. The van der Waals surface area contributed by atoms with Crippen LogP contribution in [0.25, 0.3) is 11.4 Å². The van der Waals surface area contributed by atoms with Gasteiger partial charge >= 0.3 is 0 Å². The van der Waals surface area contributed by atoms with E-state index in [0.29, 0.717) is 22.5 Å². The second-order valence-electron chi connectivity index (χ2n) is 5.34. The second kappa shape index (κ2) is 7.41. The molecule has 21 heavy (non-hydrogen) atoms. The number of halogens is 1. The van der Waals surface area contributed by atoms with Crippen molar-refractivity contribution in [3.63, 3.8) is 0 Å². The summed E-state index contributed by atoms with van der Waals surface area (Å²) in [4.78, 5) is 0. The van der Waals surface area contributed by atoms with Gasteiger partial charge in [0.05, 0.1) is 5.02 Å². The van der Waals surface area contributed by atoms with Gasteiger partial charge in [0.2, 0.25) is 0 Å². The van der Waals surface area contributed by atoms with Gasteiger partial charge in [0.1, 0.15) is 0 Å².